The number of esters is 5. The molecule has 1 aliphatic rings. The number of methoxy groups -OCH3 is 1. The third-order valence-electron chi connectivity index (χ3n) is 5.18. The van der Waals surface area contributed by atoms with Gasteiger partial charge in [0.15, 0.2) is 36.2 Å². The van der Waals surface area contributed by atoms with Gasteiger partial charge in [-0.15, -0.1) is 0 Å². The second-order valence-electron chi connectivity index (χ2n) is 8.60. The van der Waals surface area contributed by atoms with Crippen LogP contribution in [0.2, 0.25) is 0 Å². The van der Waals surface area contributed by atoms with Gasteiger partial charge in [0, 0.05) is 33.4 Å². The van der Waals surface area contributed by atoms with E-state index in [2.05, 4.69) is 19.7 Å². The van der Waals surface area contributed by atoms with Crippen molar-refractivity contribution in [2.24, 2.45) is 4.99 Å². The van der Waals surface area contributed by atoms with Crippen molar-refractivity contribution >= 4 is 71.8 Å². The van der Waals surface area contributed by atoms with Gasteiger partial charge >= 0.3 is 37.9 Å². The molecule has 0 aromatic heterocycles. The van der Waals surface area contributed by atoms with Crippen LogP contribution in [-0.4, -0.2) is 123 Å². The van der Waals surface area contributed by atoms with Crippen LogP contribution in [0.1, 0.15) is 34.6 Å². The van der Waals surface area contributed by atoms with Crippen LogP contribution in [0.3, 0.4) is 0 Å². The third-order valence-corrected chi connectivity index (χ3v) is 7.72. The SMILES string of the molecule is [B]OC=N[C@@H](CSSC1OC(COC(C)=O)C(OC(C)=O)C(OC(C)=O)C1OC(C)=O)C(=O)N[C@H](C(=O)OC)[C@H](C)O. The molecule has 8 atom stereocenters. The molecule has 1 fully saturated rings. The van der Waals surface area contributed by atoms with Gasteiger partial charge in [-0.2, -0.15) is 0 Å². The summed E-state index contributed by atoms with van der Waals surface area (Å²) in [5.41, 5.74) is -1.12. The fraction of sp³-hybridized carbons (Fsp3) is 0.696. The molecule has 0 saturated carbocycles. The fourth-order valence-corrected chi connectivity index (χ4v) is 6.06. The molecule has 234 valence electrons. The molecule has 2 N–H and O–H groups in total. The highest BCUT2D eigenvalue weighted by Gasteiger charge is 2.52. The Bertz CT molecular complexity index is 1000. The summed E-state index contributed by atoms with van der Waals surface area (Å²) in [5, 5.41) is 12.2. The maximum atomic E-state index is 12.9. The molecule has 0 spiro atoms. The summed E-state index contributed by atoms with van der Waals surface area (Å²) in [4.78, 5) is 76.0. The zero-order valence-corrected chi connectivity index (χ0v) is 25.3. The molecule has 0 aliphatic carbocycles. The molecule has 19 heteroatoms. The molecule has 5 unspecified atom stereocenters. The first-order chi connectivity index (χ1) is 19.7. The zero-order chi connectivity index (χ0) is 32.0. The molecule has 0 bridgehead atoms. The number of carbonyl (C=O) groups is 6. The summed E-state index contributed by atoms with van der Waals surface area (Å²) in [6.07, 6.45) is -5.66. The van der Waals surface area contributed by atoms with Crippen LogP contribution in [0.15, 0.2) is 4.99 Å². The summed E-state index contributed by atoms with van der Waals surface area (Å²) in [7, 11) is 7.98. The number of rotatable bonds is 15. The van der Waals surface area contributed by atoms with E-state index in [-0.39, 0.29) is 5.75 Å². The Morgan fingerprint density at radius 1 is 0.976 bits per heavy atom. The van der Waals surface area contributed by atoms with E-state index in [0.717, 1.165) is 62.8 Å². The first kappa shape index (κ1) is 37.0. The number of hydrogen-bond acceptors (Lipinski definition) is 17. The second-order valence-corrected chi connectivity index (χ2v) is 11.1. The van der Waals surface area contributed by atoms with Crippen LogP contribution in [0.25, 0.3) is 0 Å². The van der Waals surface area contributed by atoms with Gasteiger partial charge in [-0.3, -0.25) is 24.0 Å². The molecule has 1 aliphatic heterocycles. The smallest absolute Gasteiger partial charge is 0.375 e. The van der Waals surface area contributed by atoms with E-state index < -0.39 is 90.4 Å². The van der Waals surface area contributed by atoms with Gasteiger partial charge in [0.2, 0.25) is 5.91 Å². The summed E-state index contributed by atoms with van der Waals surface area (Å²) < 4.78 is 36.0. The normalized spacial score (nSPS) is 23.9. The van der Waals surface area contributed by atoms with Crippen molar-refractivity contribution in [1.29, 1.82) is 0 Å². The number of aliphatic hydroxyl groups is 1. The average molecular weight is 636 g/mol. The predicted molar refractivity (Wildman–Crippen MR) is 147 cm³/mol. The molecule has 1 rings (SSSR count). The maximum absolute atomic E-state index is 12.9. The van der Waals surface area contributed by atoms with Gasteiger partial charge in [0.25, 0.3) is 0 Å². The molecular weight excluding hydrogens is 603 g/mol. The number of carbonyl (C=O) groups excluding carboxylic acids is 6. The maximum Gasteiger partial charge on any atom is 0.375 e. The van der Waals surface area contributed by atoms with Crippen molar-refractivity contribution in [1.82, 2.24) is 5.32 Å². The summed E-state index contributed by atoms with van der Waals surface area (Å²) in [6.45, 7) is 5.32. The monoisotopic (exact) mass is 636 g/mol. The first-order valence-electron chi connectivity index (χ1n) is 12.2. The number of ether oxygens (including phenoxy) is 6. The molecule has 1 saturated heterocycles. The molecule has 0 aromatic rings. The Morgan fingerprint density at radius 2 is 1.55 bits per heavy atom. The molecule has 1 amide bonds. The topological polar surface area (TPSA) is 212 Å². The quantitative estimate of drug-likeness (QED) is 0.0550. The number of aliphatic hydroxyl groups excluding tert-OH is 1. The summed E-state index contributed by atoms with van der Waals surface area (Å²) >= 11 is 0. The number of nitrogens with zero attached hydrogens (tertiary/aromatic N) is 1. The van der Waals surface area contributed by atoms with E-state index in [0.29, 0.717) is 0 Å². The minimum Gasteiger partial charge on any atom is -0.560 e. The van der Waals surface area contributed by atoms with Gasteiger partial charge in [0.1, 0.15) is 18.8 Å². The van der Waals surface area contributed by atoms with Crippen molar-refractivity contribution < 1.29 is 66.9 Å². The van der Waals surface area contributed by atoms with E-state index in [1.54, 1.807) is 0 Å². The number of nitrogens with one attached hydrogen (secondary N) is 1. The lowest BCUT2D eigenvalue weighted by Gasteiger charge is -2.43. The van der Waals surface area contributed by atoms with Crippen molar-refractivity contribution in [2.45, 2.75) is 82.7 Å². The van der Waals surface area contributed by atoms with Crippen LogP contribution in [0.4, 0.5) is 0 Å². The molecule has 1 heterocycles. The van der Waals surface area contributed by atoms with E-state index in [9.17, 15) is 33.9 Å². The predicted octanol–water partition coefficient (Wildman–Crippen LogP) is -1.01. The average Bonchev–Trinajstić information content (AvgIpc) is 2.89. The van der Waals surface area contributed by atoms with Crippen LogP contribution in [0, 0.1) is 0 Å². The summed E-state index contributed by atoms with van der Waals surface area (Å²) in [6, 6.07) is -2.61. The van der Waals surface area contributed by atoms with Gasteiger partial charge < -0.3 is 43.5 Å². The molecule has 42 heavy (non-hydrogen) atoms. The fourth-order valence-electron chi connectivity index (χ4n) is 3.48. The van der Waals surface area contributed by atoms with Gasteiger partial charge in [-0.05, 0) is 6.92 Å². The van der Waals surface area contributed by atoms with Crippen LogP contribution in [-0.2, 0) is 61.8 Å². The Morgan fingerprint density at radius 3 is 2.05 bits per heavy atom. The lowest BCUT2D eigenvalue weighted by atomic mass is 9.99. The Labute approximate surface area is 251 Å². The van der Waals surface area contributed by atoms with Crippen LogP contribution >= 0.6 is 21.6 Å². The standard InChI is InChI=1S/C23H33BN2O14S2/c1-10(27)17(22(33)34-6)26-21(32)15(25-9-36-24)8-41-42-23-20(39-14(5)31)19(38-13(4)30)18(37-12(3)29)16(40-23)7-35-11(2)28/h9-10,15-20,23,27H,7-8H2,1-6H3,(H,26,32)/t10-,15-,16?,17-,18?,19?,20?,23?/m0/s1. The molecule has 16 nitrogen and oxygen atoms in total. The Kier molecular flexibility index (Phi) is 16.3. The highest BCUT2D eigenvalue weighted by Crippen LogP contribution is 2.39. The Hall–Kier alpha value is -3.03. The Balaban J connectivity index is 3.25. The lowest BCUT2D eigenvalue weighted by molar-refractivity contribution is -0.237. The summed E-state index contributed by atoms with van der Waals surface area (Å²) in [5.74, 6) is -4.80. The van der Waals surface area contributed by atoms with Crippen LogP contribution < -0.4 is 5.32 Å². The van der Waals surface area contributed by atoms with Gasteiger partial charge in [-0.1, -0.05) is 21.6 Å². The molecular formula is C23H33BN2O14S2. The third kappa shape index (κ3) is 12.5. The minimum absolute atomic E-state index is 0.114. The number of aliphatic imine (C=N–C) groups is 1. The lowest BCUT2D eigenvalue weighted by Crippen LogP contribution is -2.61. The van der Waals surface area contributed by atoms with E-state index in [1.807, 2.05) is 0 Å². The van der Waals surface area contributed by atoms with Crippen LogP contribution in [0.5, 0.6) is 0 Å². The van der Waals surface area contributed by atoms with E-state index in [4.69, 9.17) is 31.7 Å². The van der Waals surface area contributed by atoms with Crippen molar-refractivity contribution in [2.75, 3.05) is 19.5 Å². The first-order valence-corrected chi connectivity index (χ1v) is 14.6. The van der Waals surface area contributed by atoms with E-state index >= 15 is 0 Å². The molecule has 0 aromatic carbocycles. The zero-order valence-electron chi connectivity index (χ0n) is 23.7. The number of hydrogen-bond donors (Lipinski definition) is 2. The minimum atomic E-state index is -1.39. The van der Waals surface area contributed by atoms with Gasteiger partial charge in [0.05, 0.1) is 13.2 Å². The van der Waals surface area contributed by atoms with Crippen molar-refractivity contribution in [3.63, 3.8) is 0 Å². The van der Waals surface area contributed by atoms with Crippen molar-refractivity contribution in [3.8, 4) is 0 Å². The second kappa shape index (κ2) is 18.5. The van der Waals surface area contributed by atoms with Crippen molar-refractivity contribution in [3.05, 3.63) is 0 Å². The number of amides is 1. The highest BCUT2D eigenvalue weighted by atomic mass is 33.1. The molecule has 2 radical (unpaired) electrons. The largest absolute Gasteiger partial charge is 0.560 e. The van der Waals surface area contributed by atoms with E-state index in [1.165, 1.54) is 6.92 Å². The highest BCUT2D eigenvalue weighted by molar-refractivity contribution is 8.76. The van der Waals surface area contributed by atoms with Gasteiger partial charge in [-0.25, -0.2) is 9.79 Å².